The summed E-state index contributed by atoms with van der Waals surface area (Å²) in [6.07, 6.45) is 0. The van der Waals surface area contributed by atoms with Gasteiger partial charge in [-0.15, -0.1) is 0 Å². The first-order valence-electron chi connectivity index (χ1n) is 5.40. The number of rotatable bonds is 3. The average Bonchev–Trinajstić information content (AvgIpc) is 2.39. The van der Waals surface area contributed by atoms with Crippen LogP contribution in [-0.2, 0) is 17.1 Å². The molecular formula is C14H16CuN2. The van der Waals surface area contributed by atoms with Crippen LogP contribution in [0.4, 0.5) is 0 Å². The van der Waals surface area contributed by atoms with Gasteiger partial charge in [0.2, 0.25) is 0 Å². The van der Waals surface area contributed by atoms with Crippen LogP contribution in [0.1, 0.15) is 23.2 Å². The van der Waals surface area contributed by atoms with Gasteiger partial charge < -0.3 is 11.5 Å². The number of benzene rings is 2. The molecule has 0 aromatic heterocycles. The molecule has 2 aromatic carbocycles. The van der Waals surface area contributed by atoms with E-state index in [9.17, 15) is 0 Å². The molecule has 2 aromatic rings. The van der Waals surface area contributed by atoms with Crippen molar-refractivity contribution in [3.05, 3.63) is 71.8 Å². The van der Waals surface area contributed by atoms with E-state index in [4.69, 9.17) is 11.5 Å². The van der Waals surface area contributed by atoms with Crippen LogP contribution in [0.3, 0.4) is 0 Å². The van der Waals surface area contributed by atoms with E-state index in [0.29, 0.717) is 0 Å². The van der Waals surface area contributed by atoms with Crippen molar-refractivity contribution in [3.63, 3.8) is 0 Å². The molecule has 0 aliphatic heterocycles. The van der Waals surface area contributed by atoms with Gasteiger partial charge in [0.05, 0.1) is 0 Å². The van der Waals surface area contributed by atoms with Crippen molar-refractivity contribution < 1.29 is 17.1 Å². The average molecular weight is 276 g/mol. The zero-order valence-electron chi connectivity index (χ0n) is 9.38. The molecule has 2 rings (SSSR count). The van der Waals surface area contributed by atoms with Gasteiger partial charge in [0.25, 0.3) is 0 Å². The monoisotopic (exact) mass is 275 g/mol. The van der Waals surface area contributed by atoms with Gasteiger partial charge in [0, 0.05) is 29.2 Å². The second-order valence-corrected chi connectivity index (χ2v) is 3.87. The maximum Gasteiger partial charge on any atom is 0.0491 e. The Kier molecular flexibility index (Phi) is 5.39. The van der Waals surface area contributed by atoms with E-state index in [-0.39, 0.29) is 29.2 Å². The molecule has 1 radical (unpaired) electrons. The Labute approximate surface area is 112 Å². The van der Waals surface area contributed by atoms with Gasteiger partial charge in [-0.1, -0.05) is 60.7 Å². The van der Waals surface area contributed by atoms with E-state index in [1.807, 2.05) is 60.7 Å². The molecule has 0 saturated carbocycles. The normalized spacial score (nSPS) is 13.5. The Morgan fingerprint density at radius 2 is 0.882 bits per heavy atom. The Morgan fingerprint density at radius 3 is 1.18 bits per heavy atom. The van der Waals surface area contributed by atoms with Gasteiger partial charge in [-0.3, -0.25) is 0 Å². The van der Waals surface area contributed by atoms with Crippen molar-refractivity contribution in [3.8, 4) is 0 Å². The topological polar surface area (TPSA) is 52.0 Å². The molecule has 0 fully saturated rings. The summed E-state index contributed by atoms with van der Waals surface area (Å²) >= 11 is 0. The second-order valence-electron chi connectivity index (χ2n) is 3.87. The predicted octanol–water partition coefficient (Wildman–Crippen LogP) is 2.38. The van der Waals surface area contributed by atoms with Crippen molar-refractivity contribution in [1.82, 2.24) is 0 Å². The van der Waals surface area contributed by atoms with Crippen LogP contribution in [0.5, 0.6) is 0 Å². The Balaban J connectivity index is 0.00000144. The standard InChI is InChI=1S/C14H16N2.Cu/c15-13(11-7-3-1-4-8-11)14(16)12-9-5-2-6-10-12;/h1-10,13-14H,15-16H2;. The summed E-state index contributed by atoms with van der Waals surface area (Å²) in [6, 6.07) is 19.6. The number of nitrogens with two attached hydrogens (primary N) is 2. The third kappa shape index (κ3) is 3.42. The molecule has 0 amide bonds. The molecule has 17 heavy (non-hydrogen) atoms. The first-order valence-corrected chi connectivity index (χ1v) is 5.40. The summed E-state index contributed by atoms with van der Waals surface area (Å²) in [4.78, 5) is 0. The van der Waals surface area contributed by atoms with Crippen molar-refractivity contribution >= 4 is 0 Å². The van der Waals surface area contributed by atoms with Gasteiger partial charge in [-0.25, -0.2) is 0 Å². The fourth-order valence-corrected chi connectivity index (χ4v) is 1.77. The molecule has 3 heteroatoms. The van der Waals surface area contributed by atoms with Crippen LogP contribution in [0.2, 0.25) is 0 Å². The molecule has 2 nitrogen and oxygen atoms in total. The summed E-state index contributed by atoms with van der Waals surface area (Å²) in [5.41, 5.74) is 14.4. The fraction of sp³-hybridized carbons (Fsp3) is 0.143. The Morgan fingerprint density at radius 1 is 0.588 bits per heavy atom. The summed E-state index contributed by atoms with van der Waals surface area (Å²) in [5, 5.41) is 0. The fourth-order valence-electron chi connectivity index (χ4n) is 1.77. The molecule has 0 spiro atoms. The first-order chi connectivity index (χ1) is 7.79. The minimum Gasteiger partial charge on any atom is -0.322 e. The summed E-state index contributed by atoms with van der Waals surface area (Å²) in [5.74, 6) is 0. The van der Waals surface area contributed by atoms with Crippen molar-refractivity contribution in [1.29, 1.82) is 0 Å². The molecule has 0 heterocycles. The summed E-state index contributed by atoms with van der Waals surface area (Å²) < 4.78 is 0. The van der Waals surface area contributed by atoms with Gasteiger partial charge >= 0.3 is 0 Å². The largest absolute Gasteiger partial charge is 0.322 e. The van der Waals surface area contributed by atoms with Crippen LogP contribution in [0.25, 0.3) is 0 Å². The molecule has 93 valence electrons. The smallest absolute Gasteiger partial charge is 0.0491 e. The van der Waals surface area contributed by atoms with E-state index < -0.39 is 0 Å². The maximum atomic E-state index is 6.15. The maximum absolute atomic E-state index is 6.15. The Hall–Kier alpha value is -1.12. The Bertz CT molecular complexity index is 387. The molecule has 0 bridgehead atoms. The van der Waals surface area contributed by atoms with Crippen LogP contribution >= 0.6 is 0 Å². The summed E-state index contributed by atoms with van der Waals surface area (Å²) in [6.45, 7) is 0. The number of hydrogen-bond donors (Lipinski definition) is 2. The van der Waals surface area contributed by atoms with E-state index in [0.717, 1.165) is 11.1 Å². The predicted molar refractivity (Wildman–Crippen MR) is 66.7 cm³/mol. The molecule has 0 aliphatic carbocycles. The van der Waals surface area contributed by atoms with Crippen molar-refractivity contribution in [2.45, 2.75) is 12.1 Å². The zero-order valence-corrected chi connectivity index (χ0v) is 10.3. The molecule has 0 aliphatic rings. The van der Waals surface area contributed by atoms with Crippen LogP contribution in [0.15, 0.2) is 60.7 Å². The van der Waals surface area contributed by atoms with Gasteiger partial charge in [0.1, 0.15) is 0 Å². The van der Waals surface area contributed by atoms with E-state index in [2.05, 4.69) is 0 Å². The minimum atomic E-state index is -0.163. The molecule has 2 atom stereocenters. The van der Waals surface area contributed by atoms with Gasteiger partial charge in [0.15, 0.2) is 0 Å². The SMILES string of the molecule is NC(c1ccccc1)C(N)c1ccccc1.[Cu]. The van der Waals surface area contributed by atoms with Crippen molar-refractivity contribution in [2.24, 2.45) is 11.5 Å². The first kappa shape index (κ1) is 13.9. The molecule has 0 saturated heterocycles. The van der Waals surface area contributed by atoms with Crippen LogP contribution in [-0.4, -0.2) is 0 Å². The molecular weight excluding hydrogens is 260 g/mol. The van der Waals surface area contributed by atoms with E-state index in [1.165, 1.54) is 0 Å². The van der Waals surface area contributed by atoms with Crippen LogP contribution in [0, 0.1) is 0 Å². The third-order valence-electron chi connectivity index (χ3n) is 2.76. The number of hydrogen-bond acceptors (Lipinski definition) is 2. The third-order valence-corrected chi connectivity index (χ3v) is 2.76. The van der Waals surface area contributed by atoms with E-state index >= 15 is 0 Å². The summed E-state index contributed by atoms with van der Waals surface area (Å²) in [7, 11) is 0. The quantitative estimate of drug-likeness (QED) is 0.845. The minimum absolute atomic E-state index is 0. The van der Waals surface area contributed by atoms with Gasteiger partial charge in [-0.05, 0) is 11.1 Å². The van der Waals surface area contributed by atoms with Gasteiger partial charge in [-0.2, -0.15) is 0 Å². The van der Waals surface area contributed by atoms with E-state index in [1.54, 1.807) is 0 Å². The molecule has 2 unspecified atom stereocenters. The second kappa shape index (κ2) is 6.57. The molecule has 4 N–H and O–H groups in total. The zero-order chi connectivity index (χ0) is 11.4. The van der Waals surface area contributed by atoms with Crippen molar-refractivity contribution in [2.75, 3.05) is 0 Å². The van der Waals surface area contributed by atoms with Crippen LogP contribution < -0.4 is 11.5 Å².